The fourth-order valence-corrected chi connectivity index (χ4v) is 1.62. The second-order valence-corrected chi connectivity index (χ2v) is 3.55. The van der Waals surface area contributed by atoms with Crippen LogP contribution in [0.2, 0.25) is 0 Å². The fraction of sp³-hybridized carbons (Fsp3) is 0.308. The molecule has 0 unspecified atom stereocenters. The van der Waals surface area contributed by atoms with Gasteiger partial charge in [-0.1, -0.05) is 13.0 Å². The van der Waals surface area contributed by atoms with Gasteiger partial charge in [-0.05, 0) is 42.2 Å². The number of ether oxygens (including phenoxy) is 1. The molecule has 0 bridgehead atoms. The number of hydrogen-bond donors (Lipinski definition) is 1. The lowest BCUT2D eigenvalue weighted by Crippen LogP contribution is -1.94. The normalized spacial score (nSPS) is 11.3. The van der Waals surface area contributed by atoms with E-state index in [-0.39, 0.29) is 0 Å². The lowest BCUT2D eigenvalue weighted by Gasteiger charge is -2.08. The van der Waals surface area contributed by atoms with E-state index < -0.39 is 5.97 Å². The van der Waals surface area contributed by atoms with E-state index in [9.17, 15) is 4.79 Å². The first-order valence-electron chi connectivity index (χ1n) is 5.17. The zero-order valence-electron chi connectivity index (χ0n) is 9.78. The molecule has 0 atom stereocenters. The summed E-state index contributed by atoms with van der Waals surface area (Å²) in [5, 5.41) is 8.75. The van der Waals surface area contributed by atoms with Gasteiger partial charge < -0.3 is 9.84 Å². The predicted octanol–water partition coefficient (Wildman–Crippen LogP) is 2.88. The first-order valence-corrected chi connectivity index (χ1v) is 5.17. The van der Waals surface area contributed by atoms with Crippen LogP contribution in [0.3, 0.4) is 0 Å². The van der Waals surface area contributed by atoms with Crippen LogP contribution in [0.1, 0.15) is 24.5 Å². The maximum atomic E-state index is 10.6. The van der Waals surface area contributed by atoms with Gasteiger partial charge in [0.2, 0.25) is 0 Å². The molecule has 1 aromatic carbocycles. The quantitative estimate of drug-likeness (QED) is 0.793. The number of allylic oxidation sites excluding steroid dienone is 1. The molecule has 16 heavy (non-hydrogen) atoms. The summed E-state index contributed by atoms with van der Waals surface area (Å²) >= 11 is 0. The first-order chi connectivity index (χ1) is 7.58. The number of benzene rings is 1. The molecule has 0 saturated carbocycles. The second kappa shape index (κ2) is 5.35. The average Bonchev–Trinajstić information content (AvgIpc) is 2.25. The van der Waals surface area contributed by atoms with Crippen molar-refractivity contribution in [3.8, 4) is 5.75 Å². The van der Waals surface area contributed by atoms with Crippen molar-refractivity contribution in [2.45, 2.75) is 20.3 Å². The van der Waals surface area contributed by atoms with Gasteiger partial charge in [-0.25, -0.2) is 4.79 Å². The summed E-state index contributed by atoms with van der Waals surface area (Å²) < 4.78 is 5.16. The largest absolute Gasteiger partial charge is 0.496 e. The minimum Gasteiger partial charge on any atom is -0.496 e. The van der Waals surface area contributed by atoms with Gasteiger partial charge >= 0.3 is 5.97 Å². The highest BCUT2D eigenvalue weighted by Gasteiger charge is 2.05. The Morgan fingerprint density at radius 3 is 2.62 bits per heavy atom. The molecule has 86 valence electrons. The average molecular weight is 220 g/mol. The molecule has 0 radical (unpaired) electrons. The predicted molar refractivity (Wildman–Crippen MR) is 63.6 cm³/mol. The fourth-order valence-electron chi connectivity index (χ4n) is 1.62. The molecule has 0 heterocycles. The standard InChI is InChI=1S/C13H16O3/c1-4-10(8-13(14)15)11-5-6-12(16-3)9(2)7-11/h5-8H,4H2,1-3H3,(H,14,15)/b10-8+. The Kier molecular flexibility index (Phi) is 4.11. The molecule has 0 aliphatic rings. The van der Waals surface area contributed by atoms with Gasteiger partial charge in [0, 0.05) is 6.08 Å². The van der Waals surface area contributed by atoms with Crippen LogP contribution in [0.15, 0.2) is 24.3 Å². The maximum absolute atomic E-state index is 10.6. The number of aliphatic carboxylic acids is 1. The number of aryl methyl sites for hydroxylation is 1. The van der Waals surface area contributed by atoms with Crippen molar-refractivity contribution in [1.82, 2.24) is 0 Å². The van der Waals surface area contributed by atoms with Crippen LogP contribution in [0, 0.1) is 6.92 Å². The molecule has 0 amide bonds. The lowest BCUT2D eigenvalue weighted by atomic mass is 10.0. The second-order valence-electron chi connectivity index (χ2n) is 3.55. The Hall–Kier alpha value is -1.77. The molecule has 1 aromatic rings. The molecule has 1 N–H and O–H groups in total. The Morgan fingerprint density at radius 1 is 1.50 bits per heavy atom. The highest BCUT2D eigenvalue weighted by molar-refractivity contribution is 5.90. The zero-order valence-corrected chi connectivity index (χ0v) is 9.78. The molecular weight excluding hydrogens is 204 g/mol. The first kappa shape index (κ1) is 12.3. The van der Waals surface area contributed by atoms with Crippen LogP contribution in [-0.2, 0) is 4.79 Å². The molecule has 0 fully saturated rings. The number of carbonyl (C=O) groups is 1. The van der Waals surface area contributed by atoms with E-state index in [0.29, 0.717) is 6.42 Å². The van der Waals surface area contributed by atoms with Crippen LogP contribution < -0.4 is 4.74 Å². The molecular formula is C13H16O3. The van der Waals surface area contributed by atoms with Crippen molar-refractivity contribution < 1.29 is 14.6 Å². The van der Waals surface area contributed by atoms with Gasteiger partial charge in [-0.2, -0.15) is 0 Å². The summed E-state index contributed by atoms with van der Waals surface area (Å²) in [7, 11) is 1.62. The number of methoxy groups -OCH3 is 1. The van der Waals surface area contributed by atoms with Crippen molar-refractivity contribution in [3.63, 3.8) is 0 Å². The van der Waals surface area contributed by atoms with Crippen LogP contribution in [0.5, 0.6) is 5.75 Å². The summed E-state index contributed by atoms with van der Waals surface area (Å²) in [6, 6.07) is 5.68. The Bertz CT molecular complexity index is 419. The smallest absolute Gasteiger partial charge is 0.328 e. The lowest BCUT2D eigenvalue weighted by molar-refractivity contribution is -0.131. The number of carboxylic acid groups (broad SMARTS) is 1. The van der Waals surface area contributed by atoms with Crippen molar-refractivity contribution in [2.75, 3.05) is 7.11 Å². The van der Waals surface area contributed by atoms with Crippen LogP contribution in [0.4, 0.5) is 0 Å². The van der Waals surface area contributed by atoms with E-state index in [2.05, 4.69) is 0 Å². The van der Waals surface area contributed by atoms with Crippen LogP contribution in [0.25, 0.3) is 5.57 Å². The summed E-state index contributed by atoms with van der Waals surface area (Å²) in [6.07, 6.45) is 1.94. The number of rotatable bonds is 4. The van der Waals surface area contributed by atoms with E-state index in [4.69, 9.17) is 9.84 Å². The third kappa shape index (κ3) is 2.86. The van der Waals surface area contributed by atoms with Gasteiger partial charge in [-0.3, -0.25) is 0 Å². The molecule has 0 aliphatic carbocycles. The SMILES string of the molecule is CC/C(=C\C(=O)O)c1ccc(OC)c(C)c1. The zero-order chi connectivity index (χ0) is 12.1. The van der Waals surface area contributed by atoms with Gasteiger partial charge in [-0.15, -0.1) is 0 Å². The third-order valence-corrected chi connectivity index (χ3v) is 2.44. The van der Waals surface area contributed by atoms with E-state index in [1.165, 1.54) is 6.08 Å². The summed E-state index contributed by atoms with van der Waals surface area (Å²) in [4.78, 5) is 10.6. The van der Waals surface area contributed by atoms with Crippen molar-refractivity contribution in [2.24, 2.45) is 0 Å². The molecule has 0 aliphatic heterocycles. The van der Waals surface area contributed by atoms with Gasteiger partial charge in [0.15, 0.2) is 0 Å². The van der Waals surface area contributed by atoms with Crippen molar-refractivity contribution in [1.29, 1.82) is 0 Å². The highest BCUT2D eigenvalue weighted by atomic mass is 16.5. The van der Waals surface area contributed by atoms with Gasteiger partial charge in [0.05, 0.1) is 7.11 Å². The topological polar surface area (TPSA) is 46.5 Å². The van der Waals surface area contributed by atoms with E-state index in [1.54, 1.807) is 7.11 Å². The molecule has 1 rings (SSSR count). The Balaban J connectivity index is 3.13. The minimum absolute atomic E-state index is 0.693. The van der Waals surface area contributed by atoms with Crippen molar-refractivity contribution in [3.05, 3.63) is 35.4 Å². The summed E-state index contributed by atoms with van der Waals surface area (Å²) in [5.41, 5.74) is 2.76. The molecule has 0 saturated heterocycles. The molecule has 0 spiro atoms. The summed E-state index contributed by atoms with van der Waals surface area (Å²) in [6.45, 7) is 3.88. The highest BCUT2D eigenvalue weighted by Crippen LogP contribution is 2.24. The van der Waals surface area contributed by atoms with E-state index in [0.717, 1.165) is 22.4 Å². The van der Waals surface area contributed by atoms with E-state index in [1.807, 2.05) is 32.0 Å². The number of hydrogen-bond acceptors (Lipinski definition) is 2. The Morgan fingerprint density at radius 2 is 2.19 bits per heavy atom. The van der Waals surface area contributed by atoms with Gasteiger partial charge in [0.1, 0.15) is 5.75 Å². The Labute approximate surface area is 95.4 Å². The summed E-state index contributed by atoms with van der Waals surface area (Å²) in [5.74, 6) is -0.0974. The molecule has 3 heteroatoms. The maximum Gasteiger partial charge on any atom is 0.328 e. The van der Waals surface area contributed by atoms with Gasteiger partial charge in [0.25, 0.3) is 0 Å². The van der Waals surface area contributed by atoms with Crippen LogP contribution in [-0.4, -0.2) is 18.2 Å². The molecule has 0 aromatic heterocycles. The van der Waals surface area contributed by atoms with Crippen LogP contribution >= 0.6 is 0 Å². The van der Waals surface area contributed by atoms with Crippen molar-refractivity contribution >= 4 is 11.5 Å². The molecule has 3 nitrogen and oxygen atoms in total. The monoisotopic (exact) mass is 220 g/mol. The third-order valence-electron chi connectivity index (χ3n) is 2.44. The van der Waals surface area contributed by atoms with E-state index >= 15 is 0 Å². The number of carboxylic acids is 1. The minimum atomic E-state index is -0.912.